The van der Waals surface area contributed by atoms with Gasteiger partial charge in [0.1, 0.15) is 0 Å². The molecule has 11 heteroatoms. The van der Waals surface area contributed by atoms with Crippen LogP contribution in [0.4, 0.5) is 4.39 Å². The molecule has 210 valence electrons. The summed E-state index contributed by atoms with van der Waals surface area (Å²) >= 11 is 8.00. The Kier molecular flexibility index (Phi) is 7.06. The topological polar surface area (TPSA) is 97.6 Å². The third kappa shape index (κ3) is 4.88. The maximum Gasteiger partial charge on any atom is 0.331 e. The van der Waals surface area contributed by atoms with Gasteiger partial charge >= 0.3 is 5.69 Å². The second-order valence-corrected chi connectivity index (χ2v) is 12.5. The van der Waals surface area contributed by atoms with Crippen LogP contribution in [0.3, 0.4) is 0 Å². The number of piperidine rings is 1. The summed E-state index contributed by atoms with van der Waals surface area (Å²) in [5.41, 5.74) is 1.53. The standard InChI is InChI=1S/C30H28ClFN6O2S/c1-18(2)37-15-24(32)28(39)38(29(37)40)14-21-13-25-27(41-21)22(3-7-35-25)23-12-20(31)11-19-4-10-36(26(19)23)17-30(16-33)5-8-34-9-6-30/h3-4,7,10-13,15,18,34H,5-6,8-9,14,17H2,1-2H3. The van der Waals surface area contributed by atoms with Crippen LogP contribution in [-0.4, -0.2) is 31.8 Å². The van der Waals surface area contributed by atoms with E-state index in [-0.39, 0.29) is 12.6 Å². The Morgan fingerprint density at radius 2 is 1.98 bits per heavy atom. The molecule has 1 aliphatic rings. The van der Waals surface area contributed by atoms with Crippen molar-refractivity contribution >= 4 is 44.1 Å². The number of aromatic nitrogens is 4. The molecule has 0 bridgehead atoms. The summed E-state index contributed by atoms with van der Waals surface area (Å²) in [5, 5.41) is 15.0. The fourth-order valence-electron chi connectivity index (χ4n) is 5.72. The third-order valence-corrected chi connectivity index (χ3v) is 9.23. The Morgan fingerprint density at radius 1 is 1.20 bits per heavy atom. The van der Waals surface area contributed by atoms with Gasteiger partial charge < -0.3 is 9.88 Å². The number of halogens is 2. The Bertz CT molecular complexity index is 1960. The first-order valence-corrected chi connectivity index (χ1v) is 14.7. The summed E-state index contributed by atoms with van der Waals surface area (Å²) in [7, 11) is 0. The van der Waals surface area contributed by atoms with Crippen LogP contribution in [0.15, 0.2) is 58.5 Å². The number of benzene rings is 1. The highest BCUT2D eigenvalue weighted by molar-refractivity contribution is 7.19. The molecule has 0 radical (unpaired) electrons. The van der Waals surface area contributed by atoms with E-state index in [4.69, 9.17) is 11.6 Å². The zero-order chi connectivity index (χ0) is 28.9. The summed E-state index contributed by atoms with van der Waals surface area (Å²) in [5.74, 6) is -0.968. The van der Waals surface area contributed by atoms with E-state index in [2.05, 4.69) is 20.9 Å². The normalized spacial score (nSPS) is 15.1. The molecule has 0 spiro atoms. The molecule has 0 atom stereocenters. The number of thiophene rings is 1. The van der Waals surface area contributed by atoms with Crippen LogP contribution in [-0.2, 0) is 13.1 Å². The molecule has 4 aromatic heterocycles. The molecule has 8 nitrogen and oxygen atoms in total. The first-order valence-electron chi connectivity index (χ1n) is 13.5. The van der Waals surface area contributed by atoms with Crippen molar-refractivity contribution in [2.75, 3.05) is 13.1 Å². The number of nitriles is 1. The van der Waals surface area contributed by atoms with Crippen LogP contribution < -0.4 is 16.6 Å². The number of nitrogens with zero attached hydrogens (tertiary/aromatic N) is 5. The van der Waals surface area contributed by atoms with E-state index in [1.165, 1.54) is 15.9 Å². The highest BCUT2D eigenvalue weighted by Crippen LogP contribution is 2.40. The number of hydrogen-bond acceptors (Lipinski definition) is 6. The van der Waals surface area contributed by atoms with E-state index in [9.17, 15) is 19.2 Å². The summed E-state index contributed by atoms with van der Waals surface area (Å²) in [4.78, 5) is 30.8. The van der Waals surface area contributed by atoms with Gasteiger partial charge in [0.05, 0.1) is 40.0 Å². The zero-order valence-corrected chi connectivity index (χ0v) is 24.2. The Morgan fingerprint density at radius 3 is 2.71 bits per heavy atom. The minimum Gasteiger partial charge on any atom is -0.345 e. The van der Waals surface area contributed by atoms with Crippen LogP contribution in [0.5, 0.6) is 0 Å². The lowest BCUT2D eigenvalue weighted by Gasteiger charge is -2.32. The quantitative estimate of drug-likeness (QED) is 0.279. The maximum atomic E-state index is 14.4. The molecule has 6 rings (SSSR count). The monoisotopic (exact) mass is 590 g/mol. The average Bonchev–Trinajstić information content (AvgIpc) is 3.56. The molecule has 0 amide bonds. The number of pyridine rings is 1. The average molecular weight is 591 g/mol. The largest absolute Gasteiger partial charge is 0.345 e. The van der Waals surface area contributed by atoms with E-state index in [0.29, 0.717) is 22.0 Å². The summed E-state index contributed by atoms with van der Waals surface area (Å²) in [6, 6.07) is 11.9. The van der Waals surface area contributed by atoms with Gasteiger partial charge in [-0.3, -0.25) is 18.9 Å². The molecular formula is C30H28ClFN6O2S. The molecule has 5 aromatic rings. The van der Waals surface area contributed by atoms with Crippen molar-refractivity contribution in [3.8, 4) is 17.2 Å². The van der Waals surface area contributed by atoms with Gasteiger partial charge in [-0.2, -0.15) is 9.65 Å². The third-order valence-electron chi connectivity index (χ3n) is 7.87. The molecule has 1 fully saturated rings. The molecule has 41 heavy (non-hydrogen) atoms. The van der Waals surface area contributed by atoms with Crippen molar-refractivity contribution in [3.63, 3.8) is 0 Å². The minimum atomic E-state index is -0.968. The SMILES string of the molecule is CC(C)n1cc(F)c(=O)n(Cc2cc3nccc(-c4cc(Cl)cc5ccn(CC6(C#N)CCNCC6)c45)c3s2)c1=O. The van der Waals surface area contributed by atoms with Crippen molar-refractivity contribution in [1.29, 1.82) is 5.26 Å². The number of rotatable bonds is 6. The van der Waals surface area contributed by atoms with Gasteiger partial charge in [0.2, 0.25) is 5.82 Å². The lowest BCUT2D eigenvalue weighted by molar-refractivity contribution is 0.247. The second-order valence-electron chi connectivity index (χ2n) is 10.9. The molecule has 0 aliphatic carbocycles. The van der Waals surface area contributed by atoms with E-state index in [1.54, 1.807) is 20.0 Å². The second kappa shape index (κ2) is 10.6. The number of nitrogens with one attached hydrogen (secondary N) is 1. The van der Waals surface area contributed by atoms with Crippen molar-refractivity contribution in [1.82, 2.24) is 24.0 Å². The van der Waals surface area contributed by atoms with Crippen LogP contribution in [0, 0.1) is 22.6 Å². The van der Waals surface area contributed by atoms with Crippen molar-refractivity contribution in [2.45, 2.75) is 45.8 Å². The van der Waals surface area contributed by atoms with Crippen LogP contribution in [0.25, 0.3) is 32.2 Å². The van der Waals surface area contributed by atoms with Crippen molar-refractivity contribution in [2.24, 2.45) is 5.41 Å². The van der Waals surface area contributed by atoms with E-state index < -0.39 is 22.5 Å². The Hall–Kier alpha value is -3.78. The summed E-state index contributed by atoms with van der Waals surface area (Å²) in [6.45, 7) is 5.64. The molecular weight excluding hydrogens is 563 g/mol. The maximum absolute atomic E-state index is 14.4. The first-order chi connectivity index (χ1) is 19.7. The van der Waals surface area contributed by atoms with Gasteiger partial charge in [-0.05, 0) is 70.1 Å². The molecule has 1 saturated heterocycles. The van der Waals surface area contributed by atoms with Gasteiger partial charge in [0.15, 0.2) is 0 Å². The minimum absolute atomic E-state index is 0.0668. The van der Waals surface area contributed by atoms with E-state index in [0.717, 1.165) is 63.4 Å². The van der Waals surface area contributed by atoms with Crippen LogP contribution in [0.2, 0.25) is 5.02 Å². The molecule has 1 N–H and O–H groups in total. The lowest BCUT2D eigenvalue weighted by Crippen LogP contribution is -2.41. The zero-order valence-electron chi connectivity index (χ0n) is 22.7. The Labute approximate surface area is 244 Å². The summed E-state index contributed by atoms with van der Waals surface area (Å²) in [6.07, 6.45) is 6.25. The molecule has 0 unspecified atom stereocenters. The fourth-order valence-corrected chi connectivity index (χ4v) is 7.07. The van der Waals surface area contributed by atoms with Gasteiger partial charge in [0, 0.05) is 51.4 Å². The van der Waals surface area contributed by atoms with Gasteiger partial charge in [-0.1, -0.05) is 11.6 Å². The predicted octanol–water partition coefficient (Wildman–Crippen LogP) is 5.56. The first kappa shape index (κ1) is 27.4. The van der Waals surface area contributed by atoms with Gasteiger partial charge in [0.25, 0.3) is 5.56 Å². The Balaban J connectivity index is 1.47. The van der Waals surface area contributed by atoms with Crippen LogP contribution in [0.1, 0.15) is 37.6 Å². The molecule has 1 aromatic carbocycles. The molecule has 1 aliphatic heterocycles. The lowest BCUT2D eigenvalue weighted by atomic mass is 9.80. The van der Waals surface area contributed by atoms with Crippen LogP contribution >= 0.6 is 22.9 Å². The smallest absolute Gasteiger partial charge is 0.331 e. The van der Waals surface area contributed by atoms with Gasteiger partial charge in [-0.15, -0.1) is 11.3 Å². The van der Waals surface area contributed by atoms with Crippen molar-refractivity contribution < 1.29 is 4.39 Å². The van der Waals surface area contributed by atoms with E-state index >= 15 is 0 Å². The number of fused-ring (bicyclic) bond motifs is 2. The van der Waals surface area contributed by atoms with E-state index in [1.807, 2.05) is 36.5 Å². The van der Waals surface area contributed by atoms with Gasteiger partial charge in [-0.25, -0.2) is 4.79 Å². The predicted molar refractivity (Wildman–Crippen MR) is 160 cm³/mol. The fraction of sp³-hybridized carbons (Fsp3) is 0.333. The molecule has 5 heterocycles. The number of hydrogen-bond donors (Lipinski definition) is 1. The molecule has 0 saturated carbocycles. The van der Waals surface area contributed by atoms with Crippen molar-refractivity contribution in [3.05, 3.63) is 85.5 Å². The highest BCUT2D eigenvalue weighted by atomic mass is 35.5. The summed E-state index contributed by atoms with van der Waals surface area (Å²) < 4.78 is 19.6. The highest BCUT2D eigenvalue weighted by Gasteiger charge is 2.33.